The minimum atomic E-state index is -0.537. The van der Waals surface area contributed by atoms with E-state index in [1.54, 1.807) is 24.3 Å². The first kappa shape index (κ1) is 20.5. The summed E-state index contributed by atoms with van der Waals surface area (Å²) in [6.07, 6.45) is 1.01. The van der Waals surface area contributed by atoms with Gasteiger partial charge in [0.1, 0.15) is 11.6 Å². The number of hydrogen-bond acceptors (Lipinski definition) is 6. The molecule has 0 saturated carbocycles. The number of phenols is 1. The zero-order valence-corrected chi connectivity index (χ0v) is 16.5. The molecule has 6 nitrogen and oxygen atoms in total. The number of aliphatic hydroxyl groups is 1. The molecule has 2 aromatic carbocycles. The maximum atomic E-state index is 13.1. The summed E-state index contributed by atoms with van der Waals surface area (Å²) < 4.78 is 24.6. The third kappa shape index (κ3) is 5.05. The molecule has 3 atom stereocenters. The number of nitrogens with one attached hydrogen (secondary N) is 1. The molecule has 2 heterocycles. The number of aliphatic hydroxyl groups excluding tert-OH is 1. The van der Waals surface area contributed by atoms with Crippen LogP contribution in [0.5, 0.6) is 5.75 Å². The smallest absolute Gasteiger partial charge is 0.167 e. The normalized spacial score (nSPS) is 21.6. The van der Waals surface area contributed by atoms with Crippen molar-refractivity contribution in [1.29, 1.82) is 0 Å². The van der Waals surface area contributed by atoms with E-state index < -0.39 is 6.10 Å². The Morgan fingerprint density at radius 3 is 2.70 bits per heavy atom. The summed E-state index contributed by atoms with van der Waals surface area (Å²) in [5, 5.41) is 27.5. The zero-order valence-electron chi connectivity index (χ0n) is 16.5. The molecule has 1 saturated heterocycles. The standard InChI is InChI=1S/C23H25FN2O4/c24-17-7-5-15(6-8-17)22-12-18(26-30-22)11-19-9-10-21(28)23(29-19)14-25-13-16-3-1-2-4-20(16)27/h1-8,12,19,21,23,25,27-28H,9-11,13-14H2/t19-,21-,23+/m0/s1. The molecular weight excluding hydrogens is 387 g/mol. The molecule has 3 aromatic rings. The number of nitrogens with zero attached hydrogens (tertiary/aromatic N) is 1. The van der Waals surface area contributed by atoms with Gasteiger partial charge >= 0.3 is 0 Å². The van der Waals surface area contributed by atoms with E-state index in [1.807, 2.05) is 18.2 Å². The number of benzene rings is 2. The molecule has 0 spiro atoms. The average molecular weight is 412 g/mol. The van der Waals surface area contributed by atoms with Gasteiger partial charge in [0.05, 0.1) is 24.0 Å². The second kappa shape index (κ2) is 9.38. The second-order valence-electron chi connectivity index (χ2n) is 7.59. The molecule has 1 aromatic heterocycles. The fourth-order valence-electron chi connectivity index (χ4n) is 3.68. The molecule has 0 radical (unpaired) electrons. The van der Waals surface area contributed by atoms with Crippen LogP contribution in [0, 0.1) is 5.82 Å². The van der Waals surface area contributed by atoms with Crippen molar-refractivity contribution in [3.8, 4) is 17.1 Å². The molecule has 1 fully saturated rings. The highest BCUT2D eigenvalue weighted by molar-refractivity contribution is 5.57. The van der Waals surface area contributed by atoms with Crippen molar-refractivity contribution < 1.29 is 23.9 Å². The van der Waals surface area contributed by atoms with E-state index in [2.05, 4.69) is 10.5 Å². The number of ether oxygens (including phenoxy) is 1. The third-order valence-electron chi connectivity index (χ3n) is 5.36. The largest absolute Gasteiger partial charge is 0.508 e. The van der Waals surface area contributed by atoms with Crippen molar-refractivity contribution >= 4 is 0 Å². The van der Waals surface area contributed by atoms with Crippen LogP contribution in [0.15, 0.2) is 59.1 Å². The lowest BCUT2D eigenvalue weighted by molar-refractivity contribution is -0.115. The summed E-state index contributed by atoms with van der Waals surface area (Å²) in [5.41, 5.74) is 2.33. The first-order valence-corrected chi connectivity index (χ1v) is 10.1. The summed E-state index contributed by atoms with van der Waals surface area (Å²) in [7, 11) is 0. The van der Waals surface area contributed by atoms with E-state index >= 15 is 0 Å². The van der Waals surface area contributed by atoms with Crippen molar-refractivity contribution in [1.82, 2.24) is 10.5 Å². The maximum absolute atomic E-state index is 13.1. The first-order valence-electron chi connectivity index (χ1n) is 10.1. The van der Waals surface area contributed by atoms with Gasteiger partial charge in [0.25, 0.3) is 0 Å². The van der Waals surface area contributed by atoms with E-state index in [0.717, 1.165) is 23.2 Å². The Kier molecular flexibility index (Phi) is 6.42. The van der Waals surface area contributed by atoms with Gasteiger partial charge < -0.3 is 24.8 Å². The monoisotopic (exact) mass is 412 g/mol. The van der Waals surface area contributed by atoms with E-state index in [0.29, 0.717) is 31.7 Å². The van der Waals surface area contributed by atoms with Gasteiger partial charge in [-0.2, -0.15) is 0 Å². The highest BCUT2D eigenvalue weighted by atomic mass is 19.1. The molecule has 0 aliphatic carbocycles. The van der Waals surface area contributed by atoms with Gasteiger partial charge in [0, 0.05) is 36.7 Å². The van der Waals surface area contributed by atoms with E-state index in [9.17, 15) is 14.6 Å². The van der Waals surface area contributed by atoms with Crippen LogP contribution in [0.4, 0.5) is 4.39 Å². The number of aromatic hydroxyl groups is 1. The Morgan fingerprint density at radius 2 is 1.90 bits per heavy atom. The lowest BCUT2D eigenvalue weighted by Crippen LogP contribution is -2.45. The summed E-state index contributed by atoms with van der Waals surface area (Å²) in [5.74, 6) is 0.535. The van der Waals surface area contributed by atoms with Crippen molar-refractivity contribution in [2.45, 2.75) is 44.1 Å². The van der Waals surface area contributed by atoms with Gasteiger partial charge in [-0.15, -0.1) is 0 Å². The second-order valence-corrected chi connectivity index (χ2v) is 7.59. The van der Waals surface area contributed by atoms with E-state index in [4.69, 9.17) is 9.26 Å². The number of halogens is 1. The van der Waals surface area contributed by atoms with Gasteiger partial charge in [-0.25, -0.2) is 4.39 Å². The zero-order chi connectivity index (χ0) is 20.9. The Hall–Kier alpha value is -2.74. The van der Waals surface area contributed by atoms with Crippen LogP contribution >= 0.6 is 0 Å². The predicted molar refractivity (Wildman–Crippen MR) is 109 cm³/mol. The first-order chi connectivity index (χ1) is 14.6. The van der Waals surface area contributed by atoms with Crippen LogP contribution in [-0.2, 0) is 17.7 Å². The van der Waals surface area contributed by atoms with Crippen molar-refractivity contribution in [3.05, 3.63) is 71.7 Å². The van der Waals surface area contributed by atoms with Gasteiger partial charge in [0.15, 0.2) is 5.76 Å². The van der Waals surface area contributed by atoms with Gasteiger partial charge in [-0.1, -0.05) is 23.4 Å². The van der Waals surface area contributed by atoms with Crippen molar-refractivity contribution in [2.75, 3.05) is 6.54 Å². The highest BCUT2D eigenvalue weighted by Gasteiger charge is 2.30. The number of para-hydroxylation sites is 1. The van der Waals surface area contributed by atoms with Crippen LogP contribution in [0.25, 0.3) is 11.3 Å². The Bertz CT molecular complexity index is 960. The lowest BCUT2D eigenvalue weighted by atomic mass is 9.98. The van der Waals surface area contributed by atoms with E-state index in [1.165, 1.54) is 12.1 Å². The van der Waals surface area contributed by atoms with Gasteiger partial charge in [0.2, 0.25) is 0 Å². The topological polar surface area (TPSA) is 87.8 Å². The van der Waals surface area contributed by atoms with Gasteiger partial charge in [-0.05, 0) is 43.2 Å². The fraction of sp³-hybridized carbons (Fsp3) is 0.348. The molecule has 0 amide bonds. The van der Waals surface area contributed by atoms with Crippen LogP contribution in [0.2, 0.25) is 0 Å². The molecule has 1 aliphatic rings. The molecule has 30 heavy (non-hydrogen) atoms. The molecule has 1 aliphatic heterocycles. The van der Waals surface area contributed by atoms with Crippen molar-refractivity contribution in [3.63, 3.8) is 0 Å². The highest BCUT2D eigenvalue weighted by Crippen LogP contribution is 2.25. The van der Waals surface area contributed by atoms with E-state index in [-0.39, 0.29) is 23.8 Å². The number of aromatic nitrogens is 1. The average Bonchev–Trinajstić information content (AvgIpc) is 3.20. The fourth-order valence-corrected chi connectivity index (χ4v) is 3.68. The molecule has 0 bridgehead atoms. The lowest BCUT2D eigenvalue weighted by Gasteiger charge is -2.34. The van der Waals surface area contributed by atoms with Crippen LogP contribution in [0.1, 0.15) is 24.1 Å². The Balaban J connectivity index is 1.31. The summed E-state index contributed by atoms with van der Waals surface area (Å²) in [6, 6.07) is 15.1. The summed E-state index contributed by atoms with van der Waals surface area (Å²) in [6.45, 7) is 0.972. The SMILES string of the molecule is Oc1ccccc1CNC[C@H]1O[C@H](Cc2cc(-c3ccc(F)cc3)on2)CC[C@@H]1O. The number of phenolic OH excluding ortho intramolecular Hbond substituents is 1. The van der Waals surface area contributed by atoms with Crippen LogP contribution in [0.3, 0.4) is 0 Å². The maximum Gasteiger partial charge on any atom is 0.167 e. The molecule has 7 heteroatoms. The Labute approximate surface area is 174 Å². The number of rotatable bonds is 7. The Morgan fingerprint density at radius 1 is 1.10 bits per heavy atom. The molecule has 3 N–H and O–H groups in total. The quantitative estimate of drug-likeness (QED) is 0.551. The van der Waals surface area contributed by atoms with Crippen molar-refractivity contribution in [2.24, 2.45) is 0 Å². The molecule has 158 valence electrons. The molecule has 4 rings (SSSR count). The van der Waals surface area contributed by atoms with Gasteiger partial charge in [-0.3, -0.25) is 0 Å². The van der Waals surface area contributed by atoms with Crippen LogP contribution < -0.4 is 5.32 Å². The minimum Gasteiger partial charge on any atom is -0.508 e. The number of hydrogen-bond donors (Lipinski definition) is 3. The third-order valence-corrected chi connectivity index (χ3v) is 5.36. The summed E-state index contributed by atoms with van der Waals surface area (Å²) in [4.78, 5) is 0. The predicted octanol–water partition coefficient (Wildman–Crippen LogP) is 3.43. The summed E-state index contributed by atoms with van der Waals surface area (Å²) >= 11 is 0. The molecular formula is C23H25FN2O4. The van der Waals surface area contributed by atoms with Crippen LogP contribution in [-0.4, -0.2) is 40.2 Å². The molecule has 0 unspecified atom stereocenters. The minimum absolute atomic E-state index is 0.0727.